The Kier molecular flexibility index (Phi) is 4.54. The molecule has 1 saturated carbocycles. The number of carbonyl (C=O) groups excluding carboxylic acids is 2. The van der Waals surface area contributed by atoms with E-state index in [1.165, 1.54) is 25.1 Å². The van der Waals surface area contributed by atoms with Gasteiger partial charge in [0.2, 0.25) is 0 Å². The maximum absolute atomic E-state index is 14.6. The second-order valence-corrected chi connectivity index (χ2v) is 6.62. The van der Waals surface area contributed by atoms with Crippen LogP contribution in [0.1, 0.15) is 33.6 Å². The summed E-state index contributed by atoms with van der Waals surface area (Å²) in [4.78, 5) is 27.2. The lowest BCUT2D eigenvalue weighted by Gasteiger charge is -2.09. The van der Waals surface area contributed by atoms with Crippen molar-refractivity contribution in [3.63, 3.8) is 0 Å². The summed E-state index contributed by atoms with van der Waals surface area (Å²) in [5, 5.41) is 3.06. The highest BCUT2D eigenvalue weighted by atomic mass is 19.1. The van der Waals surface area contributed by atoms with E-state index in [0.29, 0.717) is 41.1 Å². The molecule has 0 aliphatic heterocycles. The molecule has 4 rings (SSSR count). The van der Waals surface area contributed by atoms with Crippen LogP contribution in [0.2, 0.25) is 0 Å². The molecule has 1 aromatic heterocycles. The lowest BCUT2D eigenvalue weighted by Crippen LogP contribution is -2.13. The predicted octanol–water partition coefficient (Wildman–Crippen LogP) is 4.23. The SMILES string of the molecule is O=Cc1cnc2c(F)c(NC(=O)c3ccc(OCC4CC4)cc3)ccc2c1. The molecule has 0 unspecified atom stereocenters. The fourth-order valence-electron chi connectivity index (χ4n) is 2.74. The smallest absolute Gasteiger partial charge is 0.255 e. The monoisotopic (exact) mass is 364 g/mol. The Hall–Kier alpha value is -3.28. The molecule has 0 saturated heterocycles. The maximum atomic E-state index is 14.6. The third-order valence-corrected chi connectivity index (χ3v) is 4.50. The number of hydrogen-bond acceptors (Lipinski definition) is 4. The van der Waals surface area contributed by atoms with Crippen LogP contribution in [0.15, 0.2) is 48.7 Å². The van der Waals surface area contributed by atoms with Crippen molar-refractivity contribution in [1.29, 1.82) is 0 Å². The number of anilines is 1. The Morgan fingerprint density at radius 2 is 2.00 bits per heavy atom. The summed E-state index contributed by atoms with van der Waals surface area (Å²) >= 11 is 0. The fourth-order valence-corrected chi connectivity index (χ4v) is 2.74. The number of fused-ring (bicyclic) bond motifs is 1. The number of halogens is 1. The highest BCUT2D eigenvalue weighted by Crippen LogP contribution is 2.29. The first-order chi connectivity index (χ1) is 13.1. The standard InChI is InChI=1S/C21H17FN2O3/c22-19-18(8-5-16-9-14(11-25)10-23-20(16)19)24-21(26)15-3-6-17(7-4-15)27-12-13-1-2-13/h3-11,13H,1-2,12H2,(H,24,26). The van der Waals surface area contributed by atoms with E-state index in [2.05, 4.69) is 10.3 Å². The molecule has 0 bridgehead atoms. The highest BCUT2D eigenvalue weighted by Gasteiger charge is 2.22. The average molecular weight is 364 g/mol. The number of carbonyl (C=O) groups is 2. The summed E-state index contributed by atoms with van der Waals surface area (Å²) in [6, 6.07) is 11.4. The minimum absolute atomic E-state index is 0.0351. The number of aldehydes is 1. The number of benzene rings is 2. The molecule has 136 valence electrons. The second kappa shape index (κ2) is 7.15. The molecule has 2 aromatic carbocycles. The van der Waals surface area contributed by atoms with Gasteiger partial charge in [0.1, 0.15) is 11.3 Å². The van der Waals surface area contributed by atoms with Crippen LogP contribution in [0, 0.1) is 11.7 Å². The summed E-state index contributed by atoms with van der Waals surface area (Å²) in [5.74, 6) is 0.305. The average Bonchev–Trinajstić information content (AvgIpc) is 3.53. The van der Waals surface area contributed by atoms with Gasteiger partial charge in [0, 0.05) is 22.7 Å². The largest absolute Gasteiger partial charge is 0.493 e. The van der Waals surface area contributed by atoms with E-state index in [9.17, 15) is 14.0 Å². The van der Waals surface area contributed by atoms with Gasteiger partial charge in [-0.25, -0.2) is 4.39 Å². The van der Waals surface area contributed by atoms with Crippen molar-refractivity contribution in [2.45, 2.75) is 12.8 Å². The van der Waals surface area contributed by atoms with Crippen LogP contribution < -0.4 is 10.1 Å². The Morgan fingerprint density at radius 3 is 2.70 bits per heavy atom. The Bertz CT molecular complexity index is 1010. The summed E-state index contributed by atoms with van der Waals surface area (Å²) < 4.78 is 20.3. The number of pyridine rings is 1. The van der Waals surface area contributed by atoms with Gasteiger partial charge in [0.05, 0.1) is 12.3 Å². The van der Waals surface area contributed by atoms with E-state index in [0.717, 1.165) is 0 Å². The minimum atomic E-state index is -0.636. The quantitative estimate of drug-likeness (QED) is 0.665. The summed E-state index contributed by atoms with van der Waals surface area (Å²) in [5.41, 5.74) is 0.898. The van der Waals surface area contributed by atoms with Crippen molar-refractivity contribution < 1.29 is 18.7 Å². The van der Waals surface area contributed by atoms with Gasteiger partial charge in [-0.2, -0.15) is 0 Å². The Labute approximate surface area is 155 Å². The van der Waals surface area contributed by atoms with E-state index in [1.54, 1.807) is 36.4 Å². The van der Waals surface area contributed by atoms with E-state index in [-0.39, 0.29) is 11.2 Å². The molecular weight excluding hydrogens is 347 g/mol. The van der Waals surface area contributed by atoms with Crippen molar-refractivity contribution in [2.24, 2.45) is 5.92 Å². The van der Waals surface area contributed by atoms with Crippen molar-refractivity contribution in [3.8, 4) is 5.75 Å². The van der Waals surface area contributed by atoms with Gasteiger partial charge in [-0.05, 0) is 55.2 Å². The number of ether oxygens (including phenoxy) is 1. The van der Waals surface area contributed by atoms with Crippen LogP contribution in [0.3, 0.4) is 0 Å². The molecule has 1 aliphatic rings. The Balaban J connectivity index is 1.49. The molecule has 0 radical (unpaired) electrons. The number of rotatable bonds is 6. The number of nitrogens with one attached hydrogen (secondary N) is 1. The van der Waals surface area contributed by atoms with E-state index in [1.807, 2.05) is 0 Å². The van der Waals surface area contributed by atoms with Gasteiger partial charge in [-0.1, -0.05) is 6.07 Å². The topological polar surface area (TPSA) is 68.3 Å². The van der Waals surface area contributed by atoms with Crippen molar-refractivity contribution in [3.05, 3.63) is 65.6 Å². The molecule has 1 amide bonds. The van der Waals surface area contributed by atoms with Crippen LogP contribution in [0.25, 0.3) is 10.9 Å². The van der Waals surface area contributed by atoms with Gasteiger partial charge in [-0.3, -0.25) is 14.6 Å². The van der Waals surface area contributed by atoms with Gasteiger partial charge >= 0.3 is 0 Å². The normalized spacial score (nSPS) is 13.4. The zero-order chi connectivity index (χ0) is 18.8. The van der Waals surface area contributed by atoms with Crippen molar-refractivity contribution in [2.75, 3.05) is 11.9 Å². The molecule has 0 spiro atoms. The zero-order valence-electron chi connectivity index (χ0n) is 14.4. The molecule has 0 atom stereocenters. The second-order valence-electron chi connectivity index (χ2n) is 6.62. The lowest BCUT2D eigenvalue weighted by molar-refractivity contribution is 0.102. The van der Waals surface area contributed by atoms with Crippen LogP contribution >= 0.6 is 0 Å². The molecule has 1 heterocycles. The van der Waals surface area contributed by atoms with E-state index < -0.39 is 11.7 Å². The lowest BCUT2D eigenvalue weighted by atomic mass is 10.1. The molecular formula is C21H17FN2O3. The number of nitrogens with zero attached hydrogens (tertiary/aromatic N) is 1. The molecule has 6 heteroatoms. The Morgan fingerprint density at radius 1 is 1.22 bits per heavy atom. The number of amides is 1. The molecule has 1 aliphatic carbocycles. The van der Waals surface area contributed by atoms with E-state index >= 15 is 0 Å². The first-order valence-corrected chi connectivity index (χ1v) is 8.71. The van der Waals surface area contributed by atoms with Crippen LogP contribution in [0.5, 0.6) is 5.75 Å². The third kappa shape index (κ3) is 3.79. The molecule has 1 N–H and O–H groups in total. The fraction of sp³-hybridized carbons (Fsp3) is 0.190. The van der Waals surface area contributed by atoms with Crippen LogP contribution in [-0.4, -0.2) is 23.8 Å². The van der Waals surface area contributed by atoms with Gasteiger partial charge in [0.25, 0.3) is 5.91 Å². The van der Waals surface area contributed by atoms with Gasteiger partial charge in [-0.15, -0.1) is 0 Å². The van der Waals surface area contributed by atoms with Gasteiger partial charge in [0.15, 0.2) is 12.1 Å². The van der Waals surface area contributed by atoms with Crippen molar-refractivity contribution >= 4 is 28.8 Å². The maximum Gasteiger partial charge on any atom is 0.255 e. The predicted molar refractivity (Wildman–Crippen MR) is 99.7 cm³/mol. The molecule has 1 fully saturated rings. The molecule has 3 aromatic rings. The molecule has 5 nitrogen and oxygen atoms in total. The zero-order valence-corrected chi connectivity index (χ0v) is 14.4. The first-order valence-electron chi connectivity index (χ1n) is 8.71. The summed E-state index contributed by atoms with van der Waals surface area (Å²) in [6.07, 6.45) is 4.37. The van der Waals surface area contributed by atoms with Crippen LogP contribution in [0.4, 0.5) is 10.1 Å². The van der Waals surface area contributed by atoms with Crippen LogP contribution in [-0.2, 0) is 0 Å². The number of hydrogen-bond donors (Lipinski definition) is 1. The third-order valence-electron chi connectivity index (χ3n) is 4.50. The number of aromatic nitrogens is 1. The van der Waals surface area contributed by atoms with Gasteiger partial charge < -0.3 is 10.1 Å². The van der Waals surface area contributed by atoms with E-state index in [4.69, 9.17) is 4.74 Å². The summed E-state index contributed by atoms with van der Waals surface area (Å²) in [7, 11) is 0. The minimum Gasteiger partial charge on any atom is -0.493 e. The van der Waals surface area contributed by atoms with Crippen molar-refractivity contribution in [1.82, 2.24) is 4.98 Å². The molecule has 27 heavy (non-hydrogen) atoms. The first kappa shape index (κ1) is 17.1. The summed E-state index contributed by atoms with van der Waals surface area (Å²) in [6.45, 7) is 0.701. The highest BCUT2D eigenvalue weighted by molar-refractivity contribution is 6.05.